The lowest BCUT2D eigenvalue weighted by molar-refractivity contribution is -0.137. The zero-order valence-electron chi connectivity index (χ0n) is 19.8. The molecule has 0 aliphatic carbocycles. The summed E-state index contributed by atoms with van der Waals surface area (Å²) in [6, 6.07) is 23.9. The molecule has 3 rings (SSSR count). The van der Waals surface area contributed by atoms with Crippen LogP contribution in [-0.4, -0.2) is 30.0 Å². The number of hydrogen-bond acceptors (Lipinski definition) is 2. The number of halogens is 3. The highest BCUT2D eigenvalue weighted by Crippen LogP contribution is 2.29. The van der Waals surface area contributed by atoms with E-state index in [2.05, 4.69) is 4.99 Å². The van der Waals surface area contributed by atoms with Crippen LogP contribution in [0.4, 0.5) is 13.2 Å². The highest BCUT2D eigenvalue weighted by Gasteiger charge is 2.31. The molecular weight excluding hydrogens is 453 g/mol. The van der Waals surface area contributed by atoms with Crippen molar-refractivity contribution in [3.63, 3.8) is 0 Å². The van der Waals surface area contributed by atoms with E-state index in [0.29, 0.717) is 26.1 Å². The molecule has 0 spiro atoms. The van der Waals surface area contributed by atoms with Gasteiger partial charge in [-0.3, -0.25) is 4.79 Å². The van der Waals surface area contributed by atoms with Gasteiger partial charge in [-0.05, 0) is 41.7 Å². The Morgan fingerprint density at radius 3 is 2.14 bits per heavy atom. The molecule has 0 saturated heterocycles. The first-order valence-corrected chi connectivity index (χ1v) is 11.5. The smallest absolute Gasteiger partial charge is 0.416 e. The quantitative estimate of drug-likeness (QED) is 0.268. The van der Waals surface area contributed by atoms with Crippen molar-refractivity contribution in [2.24, 2.45) is 10.9 Å². The van der Waals surface area contributed by atoms with Gasteiger partial charge in [0, 0.05) is 18.7 Å². The number of amides is 1. The van der Waals surface area contributed by atoms with Crippen LogP contribution in [0.3, 0.4) is 0 Å². The first-order chi connectivity index (χ1) is 16.7. The maximum absolute atomic E-state index is 13.2. The van der Waals surface area contributed by atoms with Gasteiger partial charge in [-0.25, -0.2) is 0 Å². The summed E-state index contributed by atoms with van der Waals surface area (Å²) < 4.78 is 45.4. The van der Waals surface area contributed by atoms with E-state index in [4.69, 9.17) is 4.74 Å². The zero-order valence-corrected chi connectivity index (χ0v) is 19.8. The van der Waals surface area contributed by atoms with Gasteiger partial charge in [-0.2, -0.15) is 18.2 Å². The lowest BCUT2D eigenvalue weighted by Gasteiger charge is -2.26. The van der Waals surface area contributed by atoms with Crippen LogP contribution in [0.2, 0.25) is 0 Å². The van der Waals surface area contributed by atoms with E-state index >= 15 is 0 Å². The van der Waals surface area contributed by atoms with E-state index in [1.807, 2.05) is 79.4 Å². The summed E-state index contributed by atoms with van der Waals surface area (Å²) in [5.41, 5.74) is 1.06. The van der Waals surface area contributed by atoms with Crippen molar-refractivity contribution in [1.29, 1.82) is 0 Å². The van der Waals surface area contributed by atoms with Gasteiger partial charge < -0.3 is 9.64 Å². The van der Waals surface area contributed by atoms with E-state index in [1.54, 1.807) is 0 Å². The lowest BCUT2D eigenvalue weighted by Crippen LogP contribution is -2.36. The molecule has 0 radical (unpaired) electrons. The first kappa shape index (κ1) is 26.0. The molecule has 0 aliphatic heterocycles. The van der Waals surface area contributed by atoms with Crippen LogP contribution in [0.15, 0.2) is 89.9 Å². The van der Waals surface area contributed by atoms with Gasteiger partial charge in [0.2, 0.25) is 0 Å². The van der Waals surface area contributed by atoms with Crippen molar-refractivity contribution in [3.8, 4) is 0 Å². The van der Waals surface area contributed by atoms with Crippen molar-refractivity contribution in [1.82, 2.24) is 4.90 Å². The Hall–Kier alpha value is -3.61. The molecule has 184 valence electrons. The minimum Gasteiger partial charge on any atom is -0.465 e. The molecule has 3 aromatic rings. The number of aliphatic imine (C=N–C) groups is 1. The van der Waals surface area contributed by atoms with Crippen molar-refractivity contribution in [2.75, 3.05) is 13.2 Å². The molecule has 7 heteroatoms. The van der Waals surface area contributed by atoms with Gasteiger partial charge in [-0.1, -0.05) is 80.6 Å². The van der Waals surface area contributed by atoms with Crippen LogP contribution in [0.5, 0.6) is 0 Å². The third-order valence-electron chi connectivity index (χ3n) is 5.18. The second-order valence-corrected chi connectivity index (χ2v) is 8.63. The second-order valence-electron chi connectivity index (χ2n) is 8.63. The molecule has 0 bridgehead atoms. The first-order valence-electron chi connectivity index (χ1n) is 11.5. The number of ether oxygens (including phenoxy) is 1. The number of nitrogens with zero attached hydrogens (tertiary/aromatic N) is 2. The highest BCUT2D eigenvalue weighted by atomic mass is 19.4. The molecule has 35 heavy (non-hydrogen) atoms. The van der Waals surface area contributed by atoms with Crippen molar-refractivity contribution in [2.45, 2.75) is 33.0 Å². The van der Waals surface area contributed by atoms with Gasteiger partial charge in [0.25, 0.3) is 11.9 Å². The van der Waals surface area contributed by atoms with Gasteiger partial charge in [0.1, 0.15) is 0 Å². The number of rotatable bonds is 8. The fourth-order valence-corrected chi connectivity index (χ4v) is 3.37. The summed E-state index contributed by atoms with van der Waals surface area (Å²) in [6.07, 6.45) is -3.87. The number of amidine groups is 1. The minimum atomic E-state index is -4.55. The summed E-state index contributed by atoms with van der Waals surface area (Å²) in [5.74, 6) is -0.621. The van der Waals surface area contributed by atoms with E-state index < -0.39 is 17.6 Å². The monoisotopic (exact) mass is 482 g/mol. The topological polar surface area (TPSA) is 41.9 Å². The Labute approximate surface area is 204 Å². The Morgan fingerprint density at radius 2 is 1.54 bits per heavy atom. The molecule has 1 amide bonds. The van der Waals surface area contributed by atoms with Gasteiger partial charge in [-0.15, -0.1) is 0 Å². The molecule has 0 saturated carbocycles. The largest absolute Gasteiger partial charge is 0.465 e. The van der Waals surface area contributed by atoms with Crippen LogP contribution in [-0.2, 0) is 23.9 Å². The lowest BCUT2D eigenvalue weighted by atomic mass is 10.1. The molecule has 0 aliphatic rings. The molecule has 0 fully saturated rings. The van der Waals surface area contributed by atoms with Crippen LogP contribution < -0.4 is 0 Å². The van der Waals surface area contributed by atoms with Crippen LogP contribution in [0, 0.1) is 5.92 Å². The normalized spacial score (nSPS) is 12.0. The predicted molar refractivity (Wildman–Crippen MR) is 131 cm³/mol. The van der Waals surface area contributed by atoms with Gasteiger partial charge in [0.15, 0.2) is 0 Å². The van der Waals surface area contributed by atoms with Gasteiger partial charge in [0.05, 0.1) is 12.2 Å². The van der Waals surface area contributed by atoms with Crippen LogP contribution in [0.1, 0.15) is 40.9 Å². The molecule has 3 aromatic carbocycles. The Kier molecular flexibility index (Phi) is 9.06. The Bertz CT molecular complexity index is 1110. The Balaban J connectivity index is 1.93. The standard InChI is InChI=1S/C28H29F3N2O2/c1-21(2)20-35-27(32-26(34)24-14-9-15-25(18-24)28(29,30)31)33(19-23-12-7-4-8-13-23)17-16-22-10-5-3-6-11-22/h3-15,18,21H,16-17,19-20H2,1-2H3. The summed E-state index contributed by atoms with van der Waals surface area (Å²) in [7, 11) is 0. The van der Waals surface area contributed by atoms with E-state index in [9.17, 15) is 18.0 Å². The number of benzene rings is 3. The molecule has 0 aromatic heterocycles. The fourth-order valence-electron chi connectivity index (χ4n) is 3.37. The summed E-state index contributed by atoms with van der Waals surface area (Å²) in [4.78, 5) is 19.0. The maximum Gasteiger partial charge on any atom is 0.416 e. The summed E-state index contributed by atoms with van der Waals surface area (Å²) in [6.45, 7) is 5.19. The highest BCUT2D eigenvalue weighted by molar-refractivity contribution is 6.01. The molecule has 0 unspecified atom stereocenters. The average molecular weight is 483 g/mol. The summed E-state index contributed by atoms with van der Waals surface area (Å²) in [5, 5.41) is 0. The van der Waals surface area contributed by atoms with Crippen molar-refractivity contribution >= 4 is 11.9 Å². The Morgan fingerprint density at radius 1 is 0.914 bits per heavy atom. The fraction of sp³-hybridized carbons (Fsp3) is 0.286. The number of carbonyl (C=O) groups excluding carboxylic acids is 1. The average Bonchev–Trinajstić information content (AvgIpc) is 2.85. The molecule has 0 atom stereocenters. The number of hydrogen-bond donors (Lipinski definition) is 0. The van der Waals surface area contributed by atoms with Gasteiger partial charge >= 0.3 is 6.18 Å². The second kappa shape index (κ2) is 12.2. The molecule has 0 heterocycles. The number of alkyl halides is 3. The predicted octanol–water partition coefficient (Wildman–Crippen LogP) is 6.62. The maximum atomic E-state index is 13.2. The van der Waals surface area contributed by atoms with Crippen molar-refractivity contribution in [3.05, 3.63) is 107 Å². The minimum absolute atomic E-state index is 0.0981. The van der Waals surface area contributed by atoms with Crippen molar-refractivity contribution < 1.29 is 22.7 Å². The molecule has 4 nitrogen and oxygen atoms in total. The van der Waals surface area contributed by atoms with E-state index in [0.717, 1.165) is 23.3 Å². The van der Waals surface area contributed by atoms with Crippen LogP contribution in [0.25, 0.3) is 0 Å². The van der Waals surface area contributed by atoms with Crippen LogP contribution >= 0.6 is 0 Å². The third-order valence-corrected chi connectivity index (χ3v) is 5.18. The van der Waals surface area contributed by atoms with E-state index in [-0.39, 0.29) is 17.5 Å². The third kappa shape index (κ3) is 8.28. The number of carbonyl (C=O) groups is 1. The molecular formula is C28H29F3N2O2. The van der Waals surface area contributed by atoms with E-state index in [1.165, 1.54) is 12.1 Å². The zero-order chi connectivity index (χ0) is 25.3. The molecule has 0 N–H and O–H groups in total. The summed E-state index contributed by atoms with van der Waals surface area (Å²) >= 11 is 0. The SMILES string of the molecule is CC(C)COC(=NC(=O)c1cccc(C(F)(F)F)c1)N(CCc1ccccc1)Cc1ccccc1.